The molecular weight excluding hydrogens is 491 g/mol. The molecule has 1 fully saturated rings. The van der Waals surface area contributed by atoms with Gasteiger partial charge < -0.3 is 19.5 Å². The van der Waals surface area contributed by atoms with Gasteiger partial charge in [-0.05, 0) is 76.2 Å². The Morgan fingerprint density at radius 1 is 1.00 bits per heavy atom. The lowest BCUT2D eigenvalue weighted by molar-refractivity contribution is -0.646. The Labute approximate surface area is 229 Å². The first-order valence-electron chi connectivity index (χ1n) is 14.1. The highest BCUT2D eigenvalue weighted by molar-refractivity contribution is 5.84. The van der Waals surface area contributed by atoms with Gasteiger partial charge in [-0.3, -0.25) is 0 Å². The van der Waals surface area contributed by atoms with E-state index in [1.165, 1.54) is 19.3 Å². The maximum atomic E-state index is 14.8. The standard InChI is InChI=1S/C32H37FN4O2/c1-4-37(5-2)27-14-10-24-19-25(32(38)39-31(24)21-27)11-13-26-12-9-23-20-28(33)29(22-30(23)35(26)3)34-15-18-36-16-7-6-8-17-36/h9-14,19-22H,4-8,15-18H2,1-3H3/p+1/b13-11+. The lowest BCUT2D eigenvalue weighted by atomic mass is 10.1. The Kier molecular flexibility index (Phi) is 8.27. The van der Waals surface area contributed by atoms with E-state index in [0.29, 0.717) is 23.4 Å². The highest BCUT2D eigenvalue weighted by Crippen LogP contribution is 2.24. The Morgan fingerprint density at radius 2 is 1.77 bits per heavy atom. The highest BCUT2D eigenvalue weighted by atomic mass is 19.1. The van der Waals surface area contributed by atoms with Crippen LogP contribution in [-0.2, 0) is 7.05 Å². The summed E-state index contributed by atoms with van der Waals surface area (Å²) in [5.74, 6) is -0.248. The largest absolute Gasteiger partial charge is 0.422 e. The number of hydrogen-bond acceptors (Lipinski definition) is 5. The molecule has 0 amide bonds. The second-order valence-electron chi connectivity index (χ2n) is 10.3. The molecule has 1 aliphatic heterocycles. The minimum absolute atomic E-state index is 0.248. The van der Waals surface area contributed by atoms with Gasteiger partial charge in [-0.1, -0.05) is 6.42 Å². The molecule has 0 spiro atoms. The lowest BCUT2D eigenvalue weighted by Crippen LogP contribution is -2.34. The minimum atomic E-state index is -0.374. The molecule has 1 N–H and O–H groups in total. The normalized spacial score (nSPS) is 14.5. The second kappa shape index (κ2) is 12.0. The number of aromatic nitrogens is 1. The first-order chi connectivity index (χ1) is 19.0. The SMILES string of the molecule is CCN(CC)c1ccc2cc(/C=C/c3ccc4cc(F)c(NCCN5CCCCC5)cc4[n+]3C)c(=O)oc2c1. The first-order valence-corrected chi connectivity index (χ1v) is 14.1. The molecule has 5 rings (SSSR count). The monoisotopic (exact) mass is 529 g/mol. The highest BCUT2D eigenvalue weighted by Gasteiger charge is 2.15. The number of nitrogens with zero attached hydrogens (tertiary/aromatic N) is 3. The summed E-state index contributed by atoms with van der Waals surface area (Å²) in [6.45, 7) is 9.86. The number of aryl methyl sites for hydroxylation is 1. The molecule has 2 aromatic carbocycles. The van der Waals surface area contributed by atoms with Gasteiger partial charge >= 0.3 is 5.63 Å². The van der Waals surface area contributed by atoms with E-state index in [0.717, 1.165) is 60.4 Å². The zero-order valence-corrected chi connectivity index (χ0v) is 23.2. The van der Waals surface area contributed by atoms with E-state index in [-0.39, 0.29) is 11.4 Å². The van der Waals surface area contributed by atoms with E-state index in [1.807, 2.05) is 54.1 Å². The van der Waals surface area contributed by atoms with Crippen molar-refractivity contribution in [2.45, 2.75) is 33.1 Å². The van der Waals surface area contributed by atoms with Crippen molar-refractivity contribution >= 4 is 45.4 Å². The molecule has 1 saturated heterocycles. The van der Waals surface area contributed by atoms with Gasteiger partial charge in [0.25, 0.3) is 0 Å². The average molecular weight is 530 g/mol. The van der Waals surface area contributed by atoms with E-state index in [2.05, 4.69) is 35.0 Å². The van der Waals surface area contributed by atoms with Crippen molar-refractivity contribution in [3.05, 3.63) is 76.0 Å². The molecule has 0 bridgehead atoms. The molecule has 2 aromatic heterocycles. The van der Waals surface area contributed by atoms with Crippen LogP contribution in [0, 0.1) is 5.82 Å². The number of benzene rings is 2. The third-order valence-electron chi connectivity index (χ3n) is 7.80. The van der Waals surface area contributed by atoms with E-state index in [9.17, 15) is 9.18 Å². The Hall–Kier alpha value is -3.71. The van der Waals surface area contributed by atoms with Gasteiger partial charge in [0.2, 0.25) is 11.2 Å². The van der Waals surface area contributed by atoms with Crippen LogP contribution in [0.5, 0.6) is 0 Å². The molecule has 4 aromatic rings. The predicted octanol–water partition coefficient (Wildman–Crippen LogP) is 5.82. The predicted molar refractivity (Wildman–Crippen MR) is 159 cm³/mol. The summed E-state index contributed by atoms with van der Waals surface area (Å²) >= 11 is 0. The van der Waals surface area contributed by atoms with Crippen molar-refractivity contribution in [3.63, 3.8) is 0 Å². The van der Waals surface area contributed by atoms with Gasteiger partial charge in [0, 0.05) is 66.9 Å². The van der Waals surface area contributed by atoms with Crippen molar-refractivity contribution < 1.29 is 13.4 Å². The number of nitrogens with one attached hydrogen (secondary N) is 1. The number of pyridine rings is 1. The molecule has 0 unspecified atom stereocenters. The van der Waals surface area contributed by atoms with Crippen molar-refractivity contribution in [3.8, 4) is 0 Å². The summed E-state index contributed by atoms with van der Waals surface area (Å²) in [7, 11) is 1.95. The van der Waals surface area contributed by atoms with Gasteiger partial charge in [0.05, 0.1) is 11.3 Å². The molecule has 0 aliphatic carbocycles. The number of piperidine rings is 1. The van der Waals surface area contributed by atoms with Gasteiger partial charge in [0.1, 0.15) is 18.4 Å². The third-order valence-corrected chi connectivity index (χ3v) is 7.80. The van der Waals surface area contributed by atoms with Gasteiger partial charge in [-0.15, -0.1) is 0 Å². The molecule has 7 heteroatoms. The summed E-state index contributed by atoms with van der Waals surface area (Å²) in [4.78, 5) is 17.4. The number of hydrogen-bond donors (Lipinski definition) is 1. The Bertz CT molecular complexity index is 1550. The fourth-order valence-corrected chi connectivity index (χ4v) is 5.45. The summed E-state index contributed by atoms with van der Waals surface area (Å²) < 4.78 is 22.5. The molecule has 0 saturated carbocycles. The summed E-state index contributed by atoms with van der Waals surface area (Å²) in [6, 6.07) is 15.1. The van der Waals surface area contributed by atoms with Crippen molar-refractivity contribution in [2.24, 2.45) is 7.05 Å². The lowest BCUT2D eigenvalue weighted by Gasteiger charge is -2.26. The van der Waals surface area contributed by atoms with E-state index in [1.54, 1.807) is 12.1 Å². The fourth-order valence-electron chi connectivity index (χ4n) is 5.45. The van der Waals surface area contributed by atoms with Crippen LogP contribution in [0.25, 0.3) is 34.0 Å². The van der Waals surface area contributed by atoms with Crippen molar-refractivity contribution in [1.29, 1.82) is 0 Å². The van der Waals surface area contributed by atoms with Gasteiger partial charge in [0.15, 0.2) is 0 Å². The molecule has 39 heavy (non-hydrogen) atoms. The van der Waals surface area contributed by atoms with Crippen LogP contribution in [-0.4, -0.2) is 44.2 Å². The summed E-state index contributed by atoms with van der Waals surface area (Å²) in [6.07, 6.45) is 7.48. The first kappa shape index (κ1) is 26.9. The molecule has 1 aliphatic rings. The van der Waals surface area contributed by atoms with Crippen LogP contribution >= 0.6 is 0 Å². The molecule has 0 radical (unpaired) electrons. The van der Waals surface area contributed by atoms with Gasteiger partial charge in [-0.25, -0.2) is 9.18 Å². The number of likely N-dealkylation sites (tertiary alicyclic amines) is 1. The van der Waals surface area contributed by atoms with Crippen LogP contribution in [0.4, 0.5) is 15.8 Å². The summed E-state index contributed by atoms with van der Waals surface area (Å²) in [5.41, 5.74) is 4.05. The maximum Gasteiger partial charge on any atom is 0.343 e. The van der Waals surface area contributed by atoms with Crippen LogP contribution in [0.3, 0.4) is 0 Å². The Balaban J connectivity index is 1.37. The number of rotatable bonds is 9. The average Bonchev–Trinajstić information content (AvgIpc) is 2.94. The van der Waals surface area contributed by atoms with Crippen molar-refractivity contribution in [2.75, 3.05) is 49.5 Å². The smallest absolute Gasteiger partial charge is 0.343 e. The van der Waals surface area contributed by atoms with Crippen LogP contribution in [0.15, 0.2) is 57.7 Å². The quantitative estimate of drug-likeness (QED) is 0.219. The molecular formula is C32H38FN4O2+. The Morgan fingerprint density at radius 3 is 2.54 bits per heavy atom. The maximum absolute atomic E-state index is 14.8. The summed E-state index contributed by atoms with van der Waals surface area (Å²) in [5, 5.41) is 5.00. The zero-order chi connectivity index (χ0) is 27.4. The van der Waals surface area contributed by atoms with Gasteiger partial charge in [-0.2, -0.15) is 4.57 Å². The number of anilines is 2. The van der Waals surface area contributed by atoms with E-state index >= 15 is 0 Å². The molecule has 6 nitrogen and oxygen atoms in total. The number of halogens is 1. The molecule has 0 atom stereocenters. The van der Waals surface area contributed by atoms with E-state index < -0.39 is 0 Å². The zero-order valence-electron chi connectivity index (χ0n) is 23.2. The number of fused-ring (bicyclic) bond motifs is 2. The van der Waals surface area contributed by atoms with Crippen molar-refractivity contribution in [1.82, 2.24) is 4.90 Å². The molecule has 3 heterocycles. The second-order valence-corrected chi connectivity index (χ2v) is 10.3. The minimum Gasteiger partial charge on any atom is -0.422 e. The fraction of sp³-hybridized carbons (Fsp3) is 0.375. The van der Waals surface area contributed by atoms with Crippen LogP contribution in [0.2, 0.25) is 0 Å². The third kappa shape index (κ3) is 5.98. The molecule has 204 valence electrons. The topological polar surface area (TPSA) is 52.6 Å². The van der Waals surface area contributed by atoms with Crippen LogP contribution < -0.4 is 20.4 Å². The van der Waals surface area contributed by atoms with Crippen LogP contribution in [0.1, 0.15) is 44.4 Å². The van der Waals surface area contributed by atoms with E-state index in [4.69, 9.17) is 4.42 Å².